The Labute approximate surface area is 82.6 Å². The summed E-state index contributed by atoms with van der Waals surface area (Å²) in [6.07, 6.45) is 3.71. The summed E-state index contributed by atoms with van der Waals surface area (Å²) < 4.78 is 0. The highest BCUT2D eigenvalue weighted by molar-refractivity contribution is 6.32. The van der Waals surface area contributed by atoms with Crippen molar-refractivity contribution in [2.75, 3.05) is 6.54 Å². The Kier molecular flexibility index (Phi) is 3.34. The molecule has 1 aromatic carbocycles. The molecular formula is C10H12ClNO. The summed E-state index contributed by atoms with van der Waals surface area (Å²) in [6.45, 7) is 2.30. The molecule has 0 bridgehead atoms. The van der Waals surface area contributed by atoms with E-state index in [1.54, 1.807) is 13.0 Å². The fourth-order valence-electron chi connectivity index (χ4n) is 1.06. The Morgan fingerprint density at radius 2 is 2.23 bits per heavy atom. The van der Waals surface area contributed by atoms with Crippen LogP contribution in [0.3, 0.4) is 0 Å². The van der Waals surface area contributed by atoms with Crippen molar-refractivity contribution in [1.29, 1.82) is 0 Å². The lowest BCUT2D eigenvalue weighted by molar-refractivity contribution is 0.471. The van der Waals surface area contributed by atoms with Gasteiger partial charge in [-0.3, -0.25) is 0 Å². The van der Waals surface area contributed by atoms with Crippen molar-refractivity contribution >= 4 is 17.7 Å². The second-order valence-corrected chi connectivity index (χ2v) is 3.21. The fourth-order valence-corrected chi connectivity index (χ4v) is 1.34. The highest BCUT2D eigenvalue weighted by atomic mass is 35.5. The molecule has 0 spiro atoms. The van der Waals surface area contributed by atoms with Crippen LogP contribution in [0.2, 0.25) is 5.02 Å². The van der Waals surface area contributed by atoms with Gasteiger partial charge in [0.2, 0.25) is 0 Å². The molecule has 0 aliphatic heterocycles. The Hall–Kier alpha value is -0.990. The Bertz CT molecular complexity index is 311. The van der Waals surface area contributed by atoms with Crippen LogP contribution in [0, 0.1) is 6.92 Å². The van der Waals surface area contributed by atoms with Gasteiger partial charge >= 0.3 is 0 Å². The monoisotopic (exact) mass is 197 g/mol. The van der Waals surface area contributed by atoms with Crippen molar-refractivity contribution in [3.63, 3.8) is 0 Å². The lowest BCUT2D eigenvalue weighted by atomic mass is 10.1. The van der Waals surface area contributed by atoms with E-state index in [9.17, 15) is 5.11 Å². The summed E-state index contributed by atoms with van der Waals surface area (Å²) in [5.41, 5.74) is 7.03. The zero-order valence-corrected chi connectivity index (χ0v) is 8.17. The summed E-state index contributed by atoms with van der Waals surface area (Å²) in [5.74, 6) is 0.145. The fraction of sp³-hybridized carbons (Fsp3) is 0.200. The van der Waals surface area contributed by atoms with Gasteiger partial charge in [-0.2, -0.15) is 0 Å². The van der Waals surface area contributed by atoms with E-state index in [0.29, 0.717) is 11.6 Å². The van der Waals surface area contributed by atoms with Crippen molar-refractivity contribution in [3.8, 4) is 5.75 Å². The molecular weight excluding hydrogens is 186 g/mol. The highest BCUT2D eigenvalue weighted by Crippen LogP contribution is 2.28. The molecule has 0 aliphatic rings. The molecule has 1 rings (SSSR count). The molecule has 1 aromatic rings. The van der Waals surface area contributed by atoms with Crippen LogP contribution < -0.4 is 5.73 Å². The molecule has 0 radical (unpaired) electrons. The number of rotatable bonds is 2. The third-order valence-electron chi connectivity index (χ3n) is 1.72. The van der Waals surface area contributed by atoms with Crippen LogP contribution in [0.15, 0.2) is 18.2 Å². The van der Waals surface area contributed by atoms with Crippen LogP contribution in [0.4, 0.5) is 0 Å². The lowest BCUT2D eigenvalue weighted by Crippen LogP contribution is -1.92. The van der Waals surface area contributed by atoms with Crippen molar-refractivity contribution in [2.45, 2.75) is 6.92 Å². The smallest absolute Gasteiger partial charge is 0.137 e. The van der Waals surface area contributed by atoms with E-state index < -0.39 is 0 Å². The summed E-state index contributed by atoms with van der Waals surface area (Å²) in [4.78, 5) is 0. The van der Waals surface area contributed by atoms with E-state index >= 15 is 0 Å². The molecule has 0 heterocycles. The second-order valence-electron chi connectivity index (χ2n) is 2.81. The first-order valence-electron chi connectivity index (χ1n) is 4.01. The minimum Gasteiger partial charge on any atom is -0.506 e. The van der Waals surface area contributed by atoms with Gasteiger partial charge < -0.3 is 10.8 Å². The number of aryl methyl sites for hydroxylation is 1. The van der Waals surface area contributed by atoms with Gasteiger partial charge in [-0.15, -0.1) is 0 Å². The molecule has 3 heteroatoms. The first kappa shape index (κ1) is 10.1. The predicted octanol–water partition coefficient (Wildman–Crippen LogP) is 2.33. The van der Waals surface area contributed by atoms with Gasteiger partial charge in [-0.05, 0) is 30.2 Å². The van der Waals surface area contributed by atoms with Crippen molar-refractivity contribution in [1.82, 2.24) is 0 Å². The molecule has 0 saturated carbocycles. The molecule has 0 aliphatic carbocycles. The molecule has 70 valence electrons. The molecule has 2 nitrogen and oxygen atoms in total. The number of aromatic hydroxyl groups is 1. The second kappa shape index (κ2) is 4.30. The molecule has 0 unspecified atom stereocenters. The third kappa shape index (κ3) is 2.47. The van der Waals surface area contributed by atoms with Crippen molar-refractivity contribution in [2.24, 2.45) is 5.73 Å². The van der Waals surface area contributed by atoms with E-state index in [2.05, 4.69) is 0 Å². The molecule has 0 saturated heterocycles. The molecule has 0 aromatic heterocycles. The van der Waals surface area contributed by atoms with Crippen LogP contribution in [-0.2, 0) is 0 Å². The SMILES string of the molecule is Cc1cc(C=CCN)cc(Cl)c1O. The summed E-state index contributed by atoms with van der Waals surface area (Å²) in [5, 5.41) is 9.75. The highest BCUT2D eigenvalue weighted by Gasteiger charge is 2.02. The van der Waals surface area contributed by atoms with E-state index in [0.717, 1.165) is 11.1 Å². The van der Waals surface area contributed by atoms with Crippen LogP contribution in [-0.4, -0.2) is 11.7 Å². The van der Waals surface area contributed by atoms with Gasteiger partial charge in [0.25, 0.3) is 0 Å². The summed E-state index contributed by atoms with van der Waals surface area (Å²) in [6, 6.07) is 3.56. The number of phenolic OH excluding ortho intramolecular Hbond substituents is 1. The van der Waals surface area contributed by atoms with Crippen LogP contribution in [0.5, 0.6) is 5.75 Å². The Morgan fingerprint density at radius 1 is 1.54 bits per heavy atom. The van der Waals surface area contributed by atoms with E-state index in [1.165, 1.54) is 0 Å². The zero-order valence-electron chi connectivity index (χ0n) is 7.42. The first-order chi connectivity index (χ1) is 6.15. The summed E-state index contributed by atoms with van der Waals surface area (Å²) in [7, 11) is 0. The normalized spacial score (nSPS) is 11.0. The largest absolute Gasteiger partial charge is 0.506 e. The molecule has 0 amide bonds. The zero-order chi connectivity index (χ0) is 9.84. The molecule has 0 fully saturated rings. The van der Waals surface area contributed by atoms with E-state index in [-0.39, 0.29) is 5.75 Å². The minimum atomic E-state index is 0.145. The van der Waals surface area contributed by atoms with Gasteiger partial charge in [0.1, 0.15) is 5.75 Å². The minimum absolute atomic E-state index is 0.145. The third-order valence-corrected chi connectivity index (χ3v) is 2.01. The van der Waals surface area contributed by atoms with Gasteiger partial charge in [-0.25, -0.2) is 0 Å². The maximum Gasteiger partial charge on any atom is 0.137 e. The maximum absolute atomic E-state index is 9.38. The lowest BCUT2D eigenvalue weighted by Gasteiger charge is -2.02. The van der Waals surface area contributed by atoms with Crippen LogP contribution in [0.1, 0.15) is 11.1 Å². The van der Waals surface area contributed by atoms with E-state index in [4.69, 9.17) is 17.3 Å². The Balaban J connectivity index is 3.06. The van der Waals surface area contributed by atoms with Gasteiger partial charge in [-0.1, -0.05) is 23.8 Å². The number of hydrogen-bond donors (Lipinski definition) is 2. The first-order valence-corrected chi connectivity index (χ1v) is 4.38. The number of hydrogen-bond acceptors (Lipinski definition) is 2. The predicted molar refractivity (Wildman–Crippen MR) is 55.9 cm³/mol. The molecule has 0 atom stereocenters. The summed E-state index contributed by atoms with van der Waals surface area (Å²) >= 11 is 5.78. The molecule has 3 N–H and O–H groups in total. The Morgan fingerprint density at radius 3 is 2.77 bits per heavy atom. The maximum atomic E-state index is 9.38. The van der Waals surface area contributed by atoms with Gasteiger partial charge in [0.15, 0.2) is 0 Å². The van der Waals surface area contributed by atoms with Crippen molar-refractivity contribution < 1.29 is 5.11 Å². The number of phenols is 1. The van der Waals surface area contributed by atoms with Gasteiger partial charge in [0.05, 0.1) is 5.02 Å². The van der Waals surface area contributed by atoms with E-state index in [1.807, 2.05) is 18.2 Å². The average Bonchev–Trinajstić information content (AvgIpc) is 2.10. The van der Waals surface area contributed by atoms with Crippen molar-refractivity contribution in [3.05, 3.63) is 34.4 Å². The van der Waals surface area contributed by atoms with Crippen LogP contribution in [0.25, 0.3) is 6.08 Å². The van der Waals surface area contributed by atoms with Gasteiger partial charge in [0, 0.05) is 6.54 Å². The van der Waals surface area contributed by atoms with Crippen LogP contribution >= 0.6 is 11.6 Å². The average molecular weight is 198 g/mol. The number of benzene rings is 1. The standard InChI is InChI=1S/C10H12ClNO/c1-7-5-8(3-2-4-12)6-9(11)10(7)13/h2-3,5-6,13H,4,12H2,1H3. The quantitative estimate of drug-likeness (QED) is 0.765. The number of halogens is 1. The molecule has 13 heavy (non-hydrogen) atoms. The number of nitrogens with two attached hydrogens (primary N) is 1. The topological polar surface area (TPSA) is 46.2 Å².